The molecular weight excluding hydrogens is 964 g/mol. The van der Waals surface area contributed by atoms with Gasteiger partial charge in [0, 0.05) is 54.2 Å². The van der Waals surface area contributed by atoms with Crippen LogP contribution in [0.3, 0.4) is 0 Å². The molecule has 33 heteroatoms. The fourth-order valence-electron chi connectivity index (χ4n) is 6.75. The quantitative estimate of drug-likeness (QED) is 0.0271. The third-order valence-corrected chi connectivity index (χ3v) is 12.0. The second kappa shape index (κ2) is 29.4. The summed E-state index contributed by atoms with van der Waals surface area (Å²) in [6, 6.07) is 0. The maximum Gasteiger partial charge on any atom is 0.470 e. The van der Waals surface area contributed by atoms with Gasteiger partial charge in [0.2, 0.25) is 0 Å². The molecule has 0 heterocycles. The van der Waals surface area contributed by atoms with Crippen LogP contribution in [0.2, 0.25) is 0 Å². The minimum absolute atomic E-state index is 0.0461. The smallest absolute Gasteiger partial charge is 0.382 e. The Morgan fingerprint density at radius 3 is 0.889 bits per heavy atom. The average Bonchev–Trinajstić information content (AvgIpc) is 3.17. The summed E-state index contributed by atoms with van der Waals surface area (Å²) in [6.07, 6.45) is -18.4. The fourth-order valence-corrected chi connectivity index (χ4v) is 9.61. The maximum absolute atomic E-state index is 12.3. The zero-order valence-electron chi connectivity index (χ0n) is 35.4. The standard InChI is InChI=1S/C30H62O28P4S/c1-43-7-9-49-11-13-51-24-21(47-5)23(22(48-6)25(29(24)57-61(37,38)39)52-14-12-50-10-8-44-2)53-15-17-63-18-16-54-26-27(55-59(31,32)33)19(45-3)20(46-4)28(56-60(34,35)36)30(26)58-62(40,41)42/h19-30H,7-18H2,1-6H3,(H2,31,32,33)(H2,34,35,36)(H2,37,38,39)(H2,40,41,42)/t19-,20-,21-,22+,23?,24+,25-,26+,27+,28+,29?,30+/m1/s1. The third kappa shape index (κ3) is 21.7. The van der Waals surface area contributed by atoms with E-state index < -0.39 is 105 Å². The second-order valence-corrected chi connectivity index (χ2v) is 19.2. The van der Waals surface area contributed by atoms with Gasteiger partial charge in [-0.05, 0) is 0 Å². The van der Waals surface area contributed by atoms with Crippen LogP contribution in [0, 0.1) is 0 Å². The van der Waals surface area contributed by atoms with E-state index >= 15 is 0 Å². The summed E-state index contributed by atoms with van der Waals surface area (Å²) in [6.45, 7) is 0.668. The Bertz CT molecular complexity index is 1420. The van der Waals surface area contributed by atoms with Crippen molar-refractivity contribution < 1.29 is 132 Å². The number of phosphoric ester groups is 4. The summed E-state index contributed by atoms with van der Waals surface area (Å²) in [5, 5.41) is 0. The molecule has 0 aromatic heterocycles. The van der Waals surface area contributed by atoms with Gasteiger partial charge in [-0.1, -0.05) is 0 Å². The molecule has 2 aliphatic rings. The summed E-state index contributed by atoms with van der Waals surface area (Å²) >= 11 is 1.18. The van der Waals surface area contributed by atoms with E-state index in [1.807, 2.05) is 0 Å². The Morgan fingerprint density at radius 2 is 0.571 bits per heavy atom. The molecule has 376 valence electrons. The van der Waals surface area contributed by atoms with Crippen LogP contribution in [0.4, 0.5) is 0 Å². The number of methoxy groups -OCH3 is 6. The van der Waals surface area contributed by atoms with Gasteiger partial charge in [-0.15, -0.1) is 0 Å². The summed E-state index contributed by atoms with van der Waals surface area (Å²) in [4.78, 5) is 78.0. The van der Waals surface area contributed by atoms with E-state index in [-0.39, 0.29) is 64.4 Å². The number of hydrogen-bond acceptors (Lipinski definition) is 21. The molecule has 2 aliphatic carbocycles. The van der Waals surface area contributed by atoms with Crippen molar-refractivity contribution in [3.05, 3.63) is 0 Å². The van der Waals surface area contributed by atoms with Gasteiger partial charge < -0.3 is 96.0 Å². The zero-order valence-corrected chi connectivity index (χ0v) is 39.7. The van der Waals surface area contributed by atoms with Gasteiger partial charge in [-0.2, -0.15) is 11.8 Å². The number of ether oxygens (including phenoxy) is 12. The predicted octanol–water partition coefficient (Wildman–Crippen LogP) is -1.41. The van der Waals surface area contributed by atoms with Crippen molar-refractivity contribution in [2.45, 2.75) is 73.2 Å². The van der Waals surface area contributed by atoms with Crippen LogP contribution >= 0.6 is 43.1 Å². The molecule has 12 atom stereocenters. The summed E-state index contributed by atoms with van der Waals surface area (Å²) in [5.74, 6) is 0.243. The highest BCUT2D eigenvalue weighted by atomic mass is 32.2. The van der Waals surface area contributed by atoms with Gasteiger partial charge in [0.15, 0.2) is 0 Å². The van der Waals surface area contributed by atoms with Crippen LogP contribution in [0.15, 0.2) is 0 Å². The van der Waals surface area contributed by atoms with Crippen molar-refractivity contribution in [1.29, 1.82) is 0 Å². The number of hydrogen-bond donors (Lipinski definition) is 8. The lowest BCUT2D eigenvalue weighted by Crippen LogP contribution is -2.67. The van der Waals surface area contributed by atoms with Gasteiger partial charge in [-0.25, -0.2) is 18.3 Å². The molecule has 0 radical (unpaired) electrons. The van der Waals surface area contributed by atoms with Crippen molar-refractivity contribution in [3.63, 3.8) is 0 Å². The molecule has 63 heavy (non-hydrogen) atoms. The van der Waals surface area contributed by atoms with E-state index in [9.17, 15) is 57.4 Å². The minimum Gasteiger partial charge on any atom is -0.382 e. The van der Waals surface area contributed by atoms with Gasteiger partial charge in [0.1, 0.15) is 73.2 Å². The maximum atomic E-state index is 12.3. The van der Waals surface area contributed by atoms with Crippen LogP contribution in [0.5, 0.6) is 0 Å². The van der Waals surface area contributed by atoms with Crippen molar-refractivity contribution in [2.75, 3.05) is 120 Å². The van der Waals surface area contributed by atoms with E-state index in [2.05, 4.69) is 0 Å². The van der Waals surface area contributed by atoms with Crippen molar-refractivity contribution in [2.24, 2.45) is 0 Å². The van der Waals surface area contributed by atoms with Gasteiger partial charge in [0.25, 0.3) is 0 Å². The van der Waals surface area contributed by atoms with E-state index in [0.717, 1.165) is 14.2 Å². The SMILES string of the molecule is COCCOCCO[C@@H]1C(OP(=O)(O)O)[C@H](OCCOCCOC)[C@@H](OC)C(OCCSCCO[C@H]2[C@@H](OP(=O)(O)O)[C@H](OC)[C@@H](OC)[C@H](OP(=O)(O)O)[C@H]2OP(=O)(O)O)[C@H]1OC. The van der Waals surface area contributed by atoms with Crippen LogP contribution in [0.1, 0.15) is 0 Å². The Hall–Kier alpha value is 0.310. The largest absolute Gasteiger partial charge is 0.470 e. The Labute approximate surface area is 368 Å². The molecule has 0 aromatic carbocycles. The average molecular weight is 1030 g/mol. The molecule has 0 bridgehead atoms. The third-order valence-electron chi connectivity index (χ3n) is 9.03. The molecule has 8 N–H and O–H groups in total. The molecule has 0 amide bonds. The van der Waals surface area contributed by atoms with Gasteiger partial charge in [0.05, 0.1) is 66.1 Å². The Morgan fingerprint density at radius 1 is 0.333 bits per heavy atom. The van der Waals surface area contributed by atoms with Gasteiger partial charge in [-0.3, -0.25) is 18.1 Å². The lowest BCUT2D eigenvalue weighted by Gasteiger charge is -2.48. The molecule has 2 saturated carbocycles. The monoisotopic (exact) mass is 1030 g/mol. The zero-order chi connectivity index (χ0) is 47.4. The molecule has 0 spiro atoms. The van der Waals surface area contributed by atoms with Crippen molar-refractivity contribution in [1.82, 2.24) is 0 Å². The Kier molecular flexibility index (Phi) is 27.7. The highest BCUT2D eigenvalue weighted by Gasteiger charge is 2.59. The second-order valence-electron chi connectivity index (χ2n) is 13.2. The Balaban J connectivity index is 2.30. The predicted molar refractivity (Wildman–Crippen MR) is 213 cm³/mol. The lowest BCUT2D eigenvalue weighted by atomic mass is 9.84. The summed E-state index contributed by atoms with van der Waals surface area (Å²) in [5.41, 5.74) is 0. The molecule has 2 fully saturated rings. The number of phosphoric acid groups is 4. The lowest BCUT2D eigenvalue weighted by molar-refractivity contribution is -0.263. The highest BCUT2D eigenvalue weighted by molar-refractivity contribution is 7.99. The van der Waals surface area contributed by atoms with Crippen LogP contribution < -0.4 is 0 Å². The van der Waals surface area contributed by atoms with Crippen molar-refractivity contribution >= 4 is 43.1 Å². The van der Waals surface area contributed by atoms with Crippen LogP contribution in [-0.2, 0) is 93.2 Å². The first-order valence-electron chi connectivity index (χ1n) is 18.8. The molecule has 28 nitrogen and oxygen atoms in total. The normalized spacial score (nSPS) is 29.9. The number of rotatable bonds is 34. The van der Waals surface area contributed by atoms with E-state index in [1.165, 1.54) is 40.2 Å². The number of thioether (sulfide) groups is 1. The first-order chi connectivity index (χ1) is 29.6. The topological polar surface area (TPSA) is 378 Å². The fraction of sp³-hybridized carbons (Fsp3) is 1.00. The van der Waals surface area contributed by atoms with E-state index in [0.29, 0.717) is 13.2 Å². The minimum atomic E-state index is -5.54. The molecule has 2 rings (SSSR count). The van der Waals surface area contributed by atoms with Crippen LogP contribution in [-0.4, -0.2) is 233 Å². The molecule has 0 aromatic rings. The van der Waals surface area contributed by atoms with E-state index in [4.69, 9.17) is 74.9 Å². The summed E-state index contributed by atoms with van der Waals surface area (Å²) < 4.78 is 135. The van der Waals surface area contributed by atoms with Crippen molar-refractivity contribution in [3.8, 4) is 0 Å². The molecule has 0 saturated heterocycles. The van der Waals surface area contributed by atoms with Gasteiger partial charge >= 0.3 is 31.3 Å². The molecule has 2 unspecified atom stereocenters. The molecule has 0 aliphatic heterocycles. The molecular formula is C30H62O28P4S. The first-order valence-corrected chi connectivity index (χ1v) is 26.1. The summed E-state index contributed by atoms with van der Waals surface area (Å²) in [7, 11) is -13.9. The first kappa shape index (κ1) is 59.4. The highest BCUT2D eigenvalue weighted by Crippen LogP contribution is 2.51. The van der Waals surface area contributed by atoms with E-state index in [1.54, 1.807) is 0 Å². The van der Waals surface area contributed by atoms with Crippen LogP contribution in [0.25, 0.3) is 0 Å².